The third kappa shape index (κ3) is 3.42. The van der Waals surface area contributed by atoms with Crippen LogP contribution >= 0.6 is 0 Å². The molecule has 0 saturated carbocycles. The molecule has 1 fully saturated rings. The number of ether oxygens (including phenoxy) is 1. The Labute approximate surface area is 119 Å². The second kappa shape index (κ2) is 6.61. The Hall–Kier alpha value is -1.75. The largest absolute Gasteiger partial charge is 0.497 e. The van der Waals surface area contributed by atoms with E-state index in [0.717, 1.165) is 36.4 Å². The van der Waals surface area contributed by atoms with Gasteiger partial charge in [-0.2, -0.15) is 0 Å². The van der Waals surface area contributed by atoms with Crippen LogP contribution in [-0.4, -0.2) is 42.8 Å². The molecule has 0 aliphatic carbocycles. The summed E-state index contributed by atoms with van der Waals surface area (Å²) in [5.74, 6) is 0.915. The summed E-state index contributed by atoms with van der Waals surface area (Å²) in [6, 6.07) is 5.50. The number of piperidine rings is 1. The molecule has 0 unspecified atom stereocenters. The number of hydrogen-bond donors (Lipinski definition) is 2. The smallest absolute Gasteiger partial charge is 0.321 e. The Bertz CT molecular complexity index is 476. The van der Waals surface area contributed by atoms with Crippen LogP contribution in [-0.2, 0) is 0 Å². The molecule has 1 aromatic carbocycles. The van der Waals surface area contributed by atoms with Gasteiger partial charge in [-0.15, -0.1) is 0 Å². The number of benzene rings is 1. The summed E-state index contributed by atoms with van der Waals surface area (Å²) in [6.45, 7) is 3.44. The van der Waals surface area contributed by atoms with E-state index in [4.69, 9.17) is 4.74 Å². The van der Waals surface area contributed by atoms with E-state index in [1.165, 1.54) is 0 Å². The molecular weight excluding hydrogens is 256 g/mol. The lowest BCUT2D eigenvalue weighted by molar-refractivity contribution is 0.136. The summed E-state index contributed by atoms with van der Waals surface area (Å²) in [6.07, 6.45) is 1.92. The van der Waals surface area contributed by atoms with E-state index in [9.17, 15) is 9.90 Å². The summed E-state index contributed by atoms with van der Waals surface area (Å²) in [7, 11) is 1.60. The number of amides is 2. The molecular formula is C15H22N2O3. The first-order chi connectivity index (χ1) is 9.63. The normalized spacial score (nSPS) is 18.8. The second-order valence-electron chi connectivity index (χ2n) is 5.25. The Morgan fingerprint density at radius 2 is 2.35 bits per heavy atom. The van der Waals surface area contributed by atoms with Crippen molar-refractivity contribution in [2.24, 2.45) is 5.92 Å². The van der Waals surface area contributed by atoms with Gasteiger partial charge in [0.25, 0.3) is 0 Å². The van der Waals surface area contributed by atoms with Crippen molar-refractivity contribution in [2.75, 3.05) is 32.1 Å². The van der Waals surface area contributed by atoms with Crippen molar-refractivity contribution < 1.29 is 14.6 Å². The van der Waals surface area contributed by atoms with Gasteiger partial charge >= 0.3 is 6.03 Å². The van der Waals surface area contributed by atoms with Gasteiger partial charge in [-0.1, -0.05) is 6.07 Å². The van der Waals surface area contributed by atoms with E-state index in [1.54, 1.807) is 12.0 Å². The fourth-order valence-electron chi connectivity index (χ4n) is 2.46. The van der Waals surface area contributed by atoms with Crippen molar-refractivity contribution >= 4 is 11.7 Å². The van der Waals surface area contributed by atoms with Crippen LogP contribution in [0.4, 0.5) is 10.5 Å². The summed E-state index contributed by atoms with van der Waals surface area (Å²) in [5, 5.41) is 12.1. The molecule has 1 aliphatic rings. The lowest BCUT2D eigenvalue weighted by atomic mass is 9.99. The lowest BCUT2D eigenvalue weighted by Crippen LogP contribution is -2.43. The minimum atomic E-state index is -0.112. The number of aliphatic hydroxyl groups excluding tert-OH is 1. The first kappa shape index (κ1) is 14.7. The lowest BCUT2D eigenvalue weighted by Gasteiger charge is -2.32. The molecule has 0 spiro atoms. The monoisotopic (exact) mass is 278 g/mol. The molecule has 2 N–H and O–H groups in total. The minimum absolute atomic E-state index is 0.112. The van der Waals surface area contributed by atoms with Crippen molar-refractivity contribution in [2.45, 2.75) is 19.8 Å². The zero-order valence-corrected chi connectivity index (χ0v) is 12.1. The van der Waals surface area contributed by atoms with E-state index in [1.807, 2.05) is 25.1 Å². The minimum Gasteiger partial charge on any atom is -0.497 e. The topological polar surface area (TPSA) is 61.8 Å². The second-order valence-corrected chi connectivity index (χ2v) is 5.25. The molecule has 5 heteroatoms. The number of methoxy groups -OCH3 is 1. The molecule has 5 nitrogen and oxygen atoms in total. The molecule has 1 saturated heterocycles. The van der Waals surface area contributed by atoms with Crippen LogP contribution in [0.25, 0.3) is 0 Å². The highest BCUT2D eigenvalue weighted by atomic mass is 16.5. The number of aliphatic hydroxyl groups is 1. The predicted molar refractivity (Wildman–Crippen MR) is 78.1 cm³/mol. The summed E-state index contributed by atoms with van der Waals surface area (Å²) >= 11 is 0. The number of nitrogens with one attached hydrogen (secondary N) is 1. The van der Waals surface area contributed by atoms with E-state index in [0.29, 0.717) is 6.54 Å². The fraction of sp³-hybridized carbons (Fsp3) is 0.533. The zero-order valence-electron chi connectivity index (χ0n) is 12.1. The number of carbonyl (C=O) groups excluding carboxylic acids is 1. The first-order valence-corrected chi connectivity index (χ1v) is 6.95. The van der Waals surface area contributed by atoms with Crippen LogP contribution in [0.1, 0.15) is 18.4 Å². The third-order valence-corrected chi connectivity index (χ3v) is 3.75. The number of urea groups is 1. The molecule has 1 aromatic rings. The number of rotatable bonds is 3. The van der Waals surface area contributed by atoms with Crippen LogP contribution in [0.5, 0.6) is 5.75 Å². The molecule has 2 rings (SSSR count). The Morgan fingerprint density at radius 1 is 1.55 bits per heavy atom. The van der Waals surface area contributed by atoms with E-state index in [2.05, 4.69) is 5.32 Å². The average molecular weight is 278 g/mol. The maximum Gasteiger partial charge on any atom is 0.321 e. The molecule has 20 heavy (non-hydrogen) atoms. The van der Waals surface area contributed by atoms with E-state index in [-0.39, 0.29) is 18.6 Å². The molecule has 1 atom stereocenters. The molecule has 1 aliphatic heterocycles. The Morgan fingerprint density at radius 3 is 3.05 bits per heavy atom. The number of hydrogen-bond acceptors (Lipinski definition) is 3. The number of anilines is 1. The first-order valence-electron chi connectivity index (χ1n) is 6.95. The predicted octanol–water partition coefficient (Wildman–Crippen LogP) is 2.24. The number of aryl methyl sites for hydroxylation is 1. The summed E-state index contributed by atoms with van der Waals surface area (Å²) in [4.78, 5) is 14.0. The van der Waals surface area contributed by atoms with Crippen molar-refractivity contribution in [1.82, 2.24) is 4.90 Å². The molecule has 1 heterocycles. The van der Waals surface area contributed by atoms with Gasteiger partial charge in [-0.3, -0.25) is 0 Å². The van der Waals surface area contributed by atoms with Crippen molar-refractivity contribution in [3.63, 3.8) is 0 Å². The van der Waals surface area contributed by atoms with Gasteiger partial charge in [0.15, 0.2) is 0 Å². The van der Waals surface area contributed by atoms with E-state index < -0.39 is 0 Å². The maximum absolute atomic E-state index is 12.3. The average Bonchev–Trinajstić information content (AvgIpc) is 2.49. The molecule has 0 bridgehead atoms. The van der Waals surface area contributed by atoms with Crippen LogP contribution in [0.2, 0.25) is 0 Å². The van der Waals surface area contributed by atoms with Gasteiger partial charge in [0.1, 0.15) is 5.75 Å². The standard InChI is InChI=1S/C15H22N2O3/c1-11-5-6-13(20-2)8-14(11)16-15(19)17-7-3-4-12(9-17)10-18/h5-6,8,12,18H,3-4,7,9-10H2,1-2H3,(H,16,19)/t12-/m0/s1. The molecule has 110 valence electrons. The summed E-state index contributed by atoms with van der Waals surface area (Å²) in [5.41, 5.74) is 1.76. The van der Waals surface area contributed by atoms with Crippen LogP contribution in [0, 0.1) is 12.8 Å². The zero-order chi connectivity index (χ0) is 14.5. The Kier molecular flexibility index (Phi) is 4.84. The van der Waals surface area contributed by atoms with Crippen LogP contribution in [0.3, 0.4) is 0 Å². The highest BCUT2D eigenvalue weighted by Crippen LogP contribution is 2.23. The third-order valence-electron chi connectivity index (χ3n) is 3.75. The van der Waals surface area contributed by atoms with Gasteiger partial charge in [0, 0.05) is 31.5 Å². The molecule has 0 radical (unpaired) electrons. The van der Waals surface area contributed by atoms with Crippen molar-refractivity contribution in [3.05, 3.63) is 23.8 Å². The number of carbonyl (C=O) groups is 1. The van der Waals surface area contributed by atoms with Gasteiger partial charge in [-0.05, 0) is 37.3 Å². The summed E-state index contributed by atoms with van der Waals surface area (Å²) < 4.78 is 5.17. The van der Waals surface area contributed by atoms with Gasteiger partial charge < -0.3 is 20.1 Å². The SMILES string of the molecule is COc1ccc(C)c(NC(=O)N2CCC[C@H](CO)C2)c1. The van der Waals surface area contributed by atoms with Crippen molar-refractivity contribution in [3.8, 4) is 5.75 Å². The highest BCUT2D eigenvalue weighted by Gasteiger charge is 2.23. The van der Waals surface area contributed by atoms with E-state index >= 15 is 0 Å². The van der Waals surface area contributed by atoms with Gasteiger partial charge in [0.2, 0.25) is 0 Å². The fourth-order valence-corrected chi connectivity index (χ4v) is 2.46. The van der Waals surface area contributed by atoms with Gasteiger partial charge in [-0.25, -0.2) is 4.79 Å². The quantitative estimate of drug-likeness (QED) is 0.891. The number of likely N-dealkylation sites (tertiary alicyclic amines) is 1. The highest BCUT2D eigenvalue weighted by molar-refractivity contribution is 5.90. The molecule has 0 aromatic heterocycles. The number of nitrogens with zero attached hydrogens (tertiary/aromatic N) is 1. The van der Waals surface area contributed by atoms with Crippen LogP contribution < -0.4 is 10.1 Å². The Balaban J connectivity index is 2.03. The van der Waals surface area contributed by atoms with Crippen molar-refractivity contribution in [1.29, 1.82) is 0 Å². The van der Waals surface area contributed by atoms with Crippen LogP contribution in [0.15, 0.2) is 18.2 Å². The molecule has 2 amide bonds. The maximum atomic E-state index is 12.3. The van der Waals surface area contributed by atoms with Gasteiger partial charge in [0.05, 0.1) is 7.11 Å².